The Bertz CT molecular complexity index is 225. The molecule has 1 heterocycles. The van der Waals surface area contributed by atoms with Crippen LogP contribution in [0.25, 0.3) is 0 Å². The molecule has 1 N–H and O–H groups in total. The topological polar surface area (TPSA) is 41.5 Å². The van der Waals surface area contributed by atoms with Crippen molar-refractivity contribution in [2.75, 3.05) is 26.4 Å². The number of hydrogen-bond donors (Lipinski definition) is 1. The van der Waals surface area contributed by atoms with Crippen molar-refractivity contribution >= 4 is 9.73 Å². The quantitative estimate of drug-likeness (QED) is 0.631. The highest BCUT2D eigenvalue weighted by Gasteiger charge is 2.20. The highest BCUT2D eigenvalue weighted by Crippen LogP contribution is 2.11. The second-order valence-corrected chi connectivity index (χ2v) is 5.77. The number of nitrogens with one attached hydrogen (secondary N) is 1. The molecule has 2 unspecified atom stereocenters. The highest BCUT2D eigenvalue weighted by molar-refractivity contribution is 7.93. The first-order valence-electron chi connectivity index (χ1n) is 3.96. The van der Waals surface area contributed by atoms with Gasteiger partial charge >= 0.3 is 0 Å². The summed E-state index contributed by atoms with van der Waals surface area (Å²) in [6, 6.07) is 0. The summed E-state index contributed by atoms with van der Waals surface area (Å²) in [6.07, 6.45) is 3.94. The van der Waals surface area contributed by atoms with Crippen molar-refractivity contribution in [3.63, 3.8) is 0 Å². The third-order valence-electron chi connectivity index (χ3n) is 2.23. The summed E-state index contributed by atoms with van der Waals surface area (Å²) >= 11 is 0. The third kappa shape index (κ3) is 2.17. The lowest BCUT2D eigenvalue weighted by molar-refractivity contribution is 0.518. The van der Waals surface area contributed by atoms with Crippen molar-refractivity contribution in [1.82, 2.24) is 5.32 Å². The van der Waals surface area contributed by atoms with Gasteiger partial charge in [0.2, 0.25) is 0 Å². The van der Waals surface area contributed by atoms with Crippen LogP contribution < -0.4 is 5.32 Å². The number of hydrogen-bond acceptors (Lipinski definition) is 3. The summed E-state index contributed by atoms with van der Waals surface area (Å²) < 4.78 is 15.6. The average molecular weight is 176 g/mol. The zero-order chi connectivity index (χ0) is 8.32. The zero-order valence-corrected chi connectivity index (χ0v) is 7.99. The molecule has 1 aliphatic heterocycles. The monoisotopic (exact) mass is 176 g/mol. The van der Waals surface area contributed by atoms with Gasteiger partial charge in [0.05, 0.1) is 5.25 Å². The molecule has 0 aromatic rings. The van der Waals surface area contributed by atoms with Crippen LogP contribution in [0.5, 0.6) is 0 Å². The summed E-state index contributed by atoms with van der Waals surface area (Å²) in [6.45, 7) is 1.93. The van der Waals surface area contributed by atoms with Crippen LogP contribution in [-0.4, -0.2) is 35.9 Å². The van der Waals surface area contributed by atoms with Gasteiger partial charge in [-0.15, -0.1) is 0 Å². The molecule has 0 radical (unpaired) electrons. The molecule has 1 saturated heterocycles. The van der Waals surface area contributed by atoms with E-state index >= 15 is 0 Å². The van der Waals surface area contributed by atoms with E-state index in [2.05, 4.69) is 9.68 Å². The molecule has 1 aliphatic rings. The molecule has 66 valence electrons. The van der Waals surface area contributed by atoms with Crippen LogP contribution in [0.15, 0.2) is 4.36 Å². The van der Waals surface area contributed by atoms with Gasteiger partial charge in [0.15, 0.2) is 0 Å². The maximum atomic E-state index is 11.7. The van der Waals surface area contributed by atoms with E-state index in [-0.39, 0.29) is 5.25 Å². The van der Waals surface area contributed by atoms with Gasteiger partial charge in [0.25, 0.3) is 0 Å². The Labute approximate surface area is 68.8 Å². The van der Waals surface area contributed by atoms with Gasteiger partial charge in [-0.25, -0.2) is 8.57 Å². The van der Waals surface area contributed by atoms with Crippen LogP contribution in [0, 0.1) is 0 Å². The second-order valence-electron chi connectivity index (χ2n) is 3.01. The van der Waals surface area contributed by atoms with Crippen molar-refractivity contribution < 1.29 is 4.21 Å². The van der Waals surface area contributed by atoms with E-state index < -0.39 is 9.73 Å². The van der Waals surface area contributed by atoms with Gasteiger partial charge in [-0.3, -0.25) is 0 Å². The van der Waals surface area contributed by atoms with Gasteiger partial charge in [-0.1, -0.05) is 0 Å². The normalized spacial score (nSPS) is 30.9. The fourth-order valence-electron chi connectivity index (χ4n) is 1.34. The molecule has 0 aliphatic carbocycles. The second kappa shape index (κ2) is 3.54. The Kier molecular flexibility index (Phi) is 2.90. The van der Waals surface area contributed by atoms with Gasteiger partial charge in [0, 0.05) is 29.6 Å². The molecule has 0 aromatic carbocycles. The Balaban J connectivity index is 2.66. The van der Waals surface area contributed by atoms with Crippen LogP contribution in [0.4, 0.5) is 0 Å². The first kappa shape index (κ1) is 9.00. The van der Waals surface area contributed by atoms with E-state index in [1.165, 1.54) is 0 Å². The molecule has 1 rings (SSSR count). The van der Waals surface area contributed by atoms with E-state index in [4.69, 9.17) is 0 Å². The number of piperidine rings is 1. The van der Waals surface area contributed by atoms with E-state index in [1.54, 1.807) is 13.3 Å². The number of nitrogens with zero attached hydrogens (tertiary/aromatic N) is 1. The Hall–Kier alpha value is -0.0900. The van der Waals surface area contributed by atoms with Crippen LogP contribution in [0.2, 0.25) is 0 Å². The molecule has 0 bridgehead atoms. The molecule has 3 nitrogen and oxygen atoms in total. The van der Waals surface area contributed by atoms with Gasteiger partial charge < -0.3 is 5.32 Å². The first-order valence-corrected chi connectivity index (χ1v) is 5.95. The van der Waals surface area contributed by atoms with Gasteiger partial charge in [-0.05, 0) is 19.4 Å². The fourth-order valence-corrected chi connectivity index (χ4v) is 2.67. The molecule has 0 aromatic heterocycles. The smallest absolute Gasteiger partial charge is 0.0552 e. The predicted octanol–water partition coefficient (Wildman–Crippen LogP) is 0.466. The summed E-state index contributed by atoms with van der Waals surface area (Å²) in [5.74, 6) is 0. The minimum Gasteiger partial charge on any atom is -0.316 e. The van der Waals surface area contributed by atoms with Crippen LogP contribution >= 0.6 is 0 Å². The molecule has 0 spiro atoms. The maximum absolute atomic E-state index is 11.7. The van der Waals surface area contributed by atoms with E-state index in [0.717, 1.165) is 25.9 Å². The minimum absolute atomic E-state index is 0.265. The molecule has 2 atom stereocenters. The Morgan fingerprint density at radius 2 is 2.36 bits per heavy atom. The molecule has 4 heteroatoms. The summed E-state index contributed by atoms with van der Waals surface area (Å²) in [5.41, 5.74) is 0. The molecule has 1 fully saturated rings. The first-order chi connectivity index (χ1) is 5.17. The average Bonchev–Trinajstić information content (AvgIpc) is 2.06. The standard InChI is InChI=1S/C7H16N2OS/c1-8-11(2,10)7-4-3-5-9-6-7/h7,9H,3-6H2,1-2H3. The lowest BCUT2D eigenvalue weighted by Crippen LogP contribution is -2.38. The third-order valence-corrected chi connectivity index (χ3v) is 4.60. The summed E-state index contributed by atoms with van der Waals surface area (Å²) in [4.78, 5) is 0. The van der Waals surface area contributed by atoms with E-state index in [9.17, 15) is 4.21 Å². The largest absolute Gasteiger partial charge is 0.316 e. The van der Waals surface area contributed by atoms with E-state index in [1.807, 2.05) is 0 Å². The lowest BCUT2D eigenvalue weighted by atomic mass is 10.2. The molecular formula is C7H16N2OS. The van der Waals surface area contributed by atoms with Crippen molar-refractivity contribution in [3.8, 4) is 0 Å². The molecule has 0 amide bonds. The Morgan fingerprint density at radius 3 is 2.82 bits per heavy atom. The van der Waals surface area contributed by atoms with Crippen LogP contribution in [0.3, 0.4) is 0 Å². The maximum Gasteiger partial charge on any atom is 0.0552 e. The molecule has 0 saturated carbocycles. The van der Waals surface area contributed by atoms with Gasteiger partial charge in [0.1, 0.15) is 0 Å². The van der Waals surface area contributed by atoms with Crippen LogP contribution in [0.1, 0.15) is 12.8 Å². The molecular weight excluding hydrogens is 160 g/mol. The predicted molar refractivity (Wildman–Crippen MR) is 48.3 cm³/mol. The van der Waals surface area contributed by atoms with Crippen molar-refractivity contribution in [3.05, 3.63) is 0 Å². The SMILES string of the molecule is CN=S(C)(=O)C1CCCNC1. The lowest BCUT2D eigenvalue weighted by Gasteiger charge is -2.23. The zero-order valence-electron chi connectivity index (χ0n) is 7.17. The van der Waals surface area contributed by atoms with Crippen LogP contribution in [-0.2, 0) is 9.73 Å². The van der Waals surface area contributed by atoms with E-state index in [0.29, 0.717) is 0 Å². The van der Waals surface area contributed by atoms with Crippen molar-refractivity contribution in [1.29, 1.82) is 0 Å². The minimum atomic E-state index is -1.91. The highest BCUT2D eigenvalue weighted by atomic mass is 32.2. The van der Waals surface area contributed by atoms with Crippen molar-refractivity contribution in [2.24, 2.45) is 4.36 Å². The summed E-state index contributed by atoms with van der Waals surface area (Å²) in [5, 5.41) is 3.50. The van der Waals surface area contributed by atoms with Gasteiger partial charge in [-0.2, -0.15) is 0 Å². The summed E-state index contributed by atoms with van der Waals surface area (Å²) in [7, 11) is -0.259. The Morgan fingerprint density at radius 1 is 1.64 bits per heavy atom. The molecule has 11 heavy (non-hydrogen) atoms. The number of rotatable bonds is 1. The van der Waals surface area contributed by atoms with Crippen molar-refractivity contribution in [2.45, 2.75) is 18.1 Å². The fraction of sp³-hybridized carbons (Fsp3) is 1.00.